The number of benzene rings is 4. The van der Waals surface area contributed by atoms with E-state index >= 15 is 0 Å². The summed E-state index contributed by atoms with van der Waals surface area (Å²) in [6, 6.07) is 30.7. The van der Waals surface area contributed by atoms with Crippen molar-refractivity contribution in [2.45, 2.75) is 12.3 Å². The largest absolute Gasteiger partial charge is 0.481 e. The third-order valence-electron chi connectivity index (χ3n) is 4.99. The summed E-state index contributed by atoms with van der Waals surface area (Å²) < 4.78 is 5.93. The number of nitriles is 1. The Morgan fingerprint density at radius 2 is 1.63 bits per heavy atom. The van der Waals surface area contributed by atoms with E-state index in [0.717, 1.165) is 21.9 Å². The molecule has 1 unspecified atom stereocenters. The van der Waals surface area contributed by atoms with Crippen LogP contribution in [-0.2, 0) is 11.2 Å². The minimum Gasteiger partial charge on any atom is -0.481 e. The molecule has 1 N–H and O–H groups in total. The second-order valence-corrected chi connectivity index (χ2v) is 6.98. The van der Waals surface area contributed by atoms with E-state index in [9.17, 15) is 15.2 Å². The monoisotopic (exact) mass is 393 g/mol. The van der Waals surface area contributed by atoms with E-state index in [0.29, 0.717) is 17.1 Å². The number of aliphatic carboxylic acids is 1. The van der Waals surface area contributed by atoms with Crippen LogP contribution in [0.5, 0.6) is 11.5 Å². The second kappa shape index (κ2) is 8.50. The van der Waals surface area contributed by atoms with Gasteiger partial charge in [0.25, 0.3) is 0 Å². The number of ether oxygens (including phenoxy) is 1. The number of carboxylic acids is 1. The van der Waals surface area contributed by atoms with Gasteiger partial charge in [0.1, 0.15) is 11.5 Å². The van der Waals surface area contributed by atoms with Crippen LogP contribution in [0.25, 0.3) is 10.8 Å². The first-order valence-corrected chi connectivity index (χ1v) is 9.60. The SMILES string of the molecule is N#CC(c1cccc(Oc2ccccc2)c1)c1c(CC(=O)O)ccc2ccccc12. The Bertz CT molecular complexity index is 1240. The lowest BCUT2D eigenvalue weighted by Gasteiger charge is -2.18. The van der Waals surface area contributed by atoms with Crippen molar-refractivity contribution in [3.63, 3.8) is 0 Å². The highest BCUT2D eigenvalue weighted by Gasteiger charge is 2.22. The van der Waals surface area contributed by atoms with Gasteiger partial charge in [0, 0.05) is 0 Å². The lowest BCUT2D eigenvalue weighted by Crippen LogP contribution is -2.08. The smallest absolute Gasteiger partial charge is 0.307 e. The summed E-state index contributed by atoms with van der Waals surface area (Å²) in [7, 11) is 0. The van der Waals surface area contributed by atoms with Crippen molar-refractivity contribution < 1.29 is 14.6 Å². The molecule has 30 heavy (non-hydrogen) atoms. The fourth-order valence-corrected chi connectivity index (χ4v) is 3.69. The molecule has 146 valence electrons. The third kappa shape index (κ3) is 4.01. The van der Waals surface area contributed by atoms with Crippen molar-refractivity contribution in [3.8, 4) is 17.6 Å². The Morgan fingerprint density at radius 3 is 2.40 bits per heavy atom. The maximum Gasteiger partial charge on any atom is 0.307 e. The van der Waals surface area contributed by atoms with Gasteiger partial charge < -0.3 is 9.84 Å². The second-order valence-electron chi connectivity index (χ2n) is 6.98. The fourth-order valence-electron chi connectivity index (χ4n) is 3.69. The zero-order valence-electron chi connectivity index (χ0n) is 16.2. The number of hydrogen-bond acceptors (Lipinski definition) is 3. The Hall–Kier alpha value is -4.10. The van der Waals surface area contributed by atoms with E-state index in [2.05, 4.69) is 6.07 Å². The lowest BCUT2D eigenvalue weighted by molar-refractivity contribution is -0.136. The molecule has 0 heterocycles. The van der Waals surface area contributed by atoms with Gasteiger partial charge in [-0.1, -0.05) is 66.7 Å². The van der Waals surface area contributed by atoms with Crippen molar-refractivity contribution in [2.24, 2.45) is 0 Å². The zero-order chi connectivity index (χ0) is 20.9. The summed E-state index contributed by atoms with van der Waals surface area (Å²) in [4.78, 5) is 11.5. The number of para-hydroxylation sites is 1. The van der Waals surface area contributed by atoms with Crippen molar-refractivity contribution in [1.29, 1.82) is 5.26 Å². The van der Waals surface area contributed by atoms with Gasteiger partial charge in [0.15, 0.2) is 0 Å². The molecule has 0 saturated carbocycles. The molecule has 1 atom stereocenters. The summed E-state index contributed by atoms with van der Waals surface area (Å²) in [5.41, 5.74) is 2.13. The molecule has 4 heteroatoms. The van der Waals surface area contributed by atoms with Crippen LogP contribution in [0.4, 0.5) is 0 Å². The van der Waals surface area contributed by atoms with E-state index in [1.807, 2.05) is 84.9 Å². The van der Waals surface area contributed by atoms with Gasteiger partial charge >= 0.3 is 5.97 Å². The van der Waals surface area contributed by atoms with Gasteiger partial charge in [-0.05, 0) is 51.7 Å². The van der Waals surface area contributed by atoms with Crippen molar-refractivity contribution in [3.05, 3.63) is 108 Å². The molecule has 0 aromatic heterocycles. The van der Waals surface area contributed by atoms with Crippen LogP contribution in [0.3, 0.4) is 0 Å². The molecule has 0 spiro atoms. The van der Waals surface area contributed by atoms with E-state index in [1.54, 1.807) is 6.07 Å². The molecule has 0 radical (unpaired) electrons. The molecule has 0 bridgehead atoms. The first kappa shape index (κ1) is 19.2. The van der Waals surface area contributed by atoms with E-state index in [-0.39, 0.29) is 6.42 Å². The average molecular weight is 393 g/mol. The standard InChI is InChI=1S/C26H19NO3/c27-17-24(19-8-6-11-22(15-19)30-21-9-2-1-3-10-21)26-20(16-25(28)29)14-13-18-7-4-5-12-23(18)26/h1-15,24H,16H2,(H,28,29). The molecule has 0 fully saturated rings. The van der Waals surface area contributed by atoms with Gasteiger partial charge in [-0.2, -0.15) is 5.26 Å². The zero-order valence-corrected chi connectivity index (χ0v) is 16.2. The minimum atomic E-state index is -0.926. The summed E-state index contributed by atoms with van der Waals surface area (Å²) in [6.07, 6.45) is -0.140. The van der Waals surface area contributed by atoms with Crippen molar-refractivity contribution in [1.82, 2.24) is 0 Å². The summed E-state index contributed by atoms with van der Waals surface area (Å²) in [5, 5.41) is 21.3. The molecular formula is C26H19NO3. The highest BCUT2D eigenvalue weighted by atomic mass is 16.5. The summed E-state index contributed by atoms with van der Waals surface area (Å²) >= 11 is 0. The van der Waals surface area contributed by atoms with E-state index < -0.39 is 11.9 Å². The molecule has 0 saturated heterocycles. The molecule has 0 amide bonds. The van der Waals surface area contributed by atoms with Crippen LogP contribution < -0.4 is 4.74 Å². The minimum absolute atomic E-state index is 0.140. The Labute approximate surface area is 174 Å². The van der Waals surface area contributed by atoms with E-state index in [1.165, 1.54) is 0 Å². The molecule has 4 nitrogen and oxygen atoms in total. The van der Waals surface area contributed by atoms with Crippen LogP contribution in [0.1, 0.15) is 22.6 Å². The quantitative estimate of drug-likeness (QED) is 0.442. The van der Waals surface area contributed by atoms with Gasteiger partial charge in [0.05, 0.1) is 18.4 Å². The predicted octanol–water partition coefficient (Wildman–Crippen LogP) is 5.91. The van der Waals surface area contributed by atoms with Crippen LogP contribution in [0.2, 0.25) is 0 Å². The van der Waals surface area contributed by atoms with Gasteiger partial charge in [-0.3, -0.25) is 4.79 Å². The maximum atomic E-state index is 11.5. The van der Waals surface area contributed by atoms with Crippen molar-refractivity contribution >= 4 is 16.7 Å². The van der Waals surface area contributed by atoms with Gasteiger partial charge in [-0.15, -0.1) is 0 Å². The van der Waals surface area contributed by atoms with Crippen LogP contribution in [-0.4, -0.2) is 11.1 Å². The van der Waals surface area contributed by atoms with Crippen LogP contribution in [0, 0.1) is 11.3 Å². The summed E-state index contributed by atoms with van der Waals surface area (Å²) in [6.45, 7) is 0. The molecular weight excluding hydrogens is 374 g/mol. The fraction of sp³-hybridized carbons (Fsp3) is 0.0769. The normalized spacial score (nSPS) is 11.6. The molecule has 4 aromatic rings. The number of hydrogen-bond donors (Lipinski definition) is 1. The average Bonchev–Trinajstić information content (AvgIpc) is 2.76. The number of fused-ring (bicyclic) bond motifs is 1. The van der Waals surface area contributed by atoms with Crippen LogP contribution in [0.15, 0.2) is 91.0 Å². The van der Waals surface area contributed by atoms with E-state index in [4.69, 9.17) is 4.74 Å². The van der Waals surface area contributed by atoms with Gasteiger partial charge in [-0.25, -0.2) is 0 Å². The van der Waals surface area contributed by atoms with Gasteiger partial charge in [0.2, 0.25) is 0 Å². The van der Waals surface area contributed by atoms with Crippen LogP contribution >= 0.6 is 0 Å². The molecule has 0 aliphatic carbocycles. The molecule has 0 aliphatic rings. The highest BCUT2D eigenvalue weighted by Crippen LogP contribution is 2.35. The Morgan fingerprint density at radius 1 is 0.900 bits per heavy atom. The summed E-state index contributed by atoms with van der Waals surface area (Å²) in [5.74, 6) is -0.215. The Balaban J connectivity index is 1.81. The third-order valence-corrected chi connectivity index (χ3v) is 4.99. The number of nitrogens with zero attached hydrogens (tertiary/aromatic N) is 1. The first-order chi connectivity index (χ1) is 14.7. The maximum absolute atomic E-state index is 11.5. The molecule has 0 aliphatic heterocycles. The topological polar surface area (TPSA) is 70.3 Å². The number of rotatable bonds is 6. The predicted molar refractivity (Wildman–Crippen MR) is 116 cm³/mol. The molecule has 4 aromatic carbocycles. The number of carboxylic acid groups (broad SMARTS) is 1. The number of carbonyl (C=O) groups is 1. The lowest BCUT2D eigenvalue weighted by atomic mass is 9.84. The van der Waals surface area contributed by atoms with Crippen molar-refractivity contribution in [2.75, 3.05) is 0 Å². The highest BCUT2D eigenvalue weighted by molar-refractivity contribution is 5.89. The first-order valence-electron chi connectivity index (χ1n) is 9.60. The Kier molecular flexibility index (Phi) is 5.45. The molecule has 4 rings (SSSR count).